The summed E-state index contributed by atoms with van der Waals surface area (Å²) in [6, 6.07) is 10.9. The molecule has 134 valence electrons. The minimum absolute atomic E-state index is 0.270. The van der Waals surface area contributed by atoms with E-state index in [1.54, 1.807) is 13.0 Å². The molecular weight excluding hydrogens is 343 g/mol. The zero-order valence-electron chi connectivity index (χ0n) is 14.0. The molecule has 0 aliphatic heterocycles. The Morgan fingerprint density at radius 2 is 1.88 bits per heavy atom. The summed E-state index contributed by atoms with van der Waals surface area (Å²) in [7, 11) is 0. The molecule has 0 saturated carbocycles. The fourth-order valence-electron chi connectivity index (χ4n) is 2.60. The second-order valence-corrected chi connectivity index (χ2v) is 6.32. The van der Waals surface area contributed by atoms with Crippen LogP contribution in [0.2, 0.25) is 5.02 Å². The molecule has 0 heterocycles. The standard InChI is InChI=1S/C19H22ClFN2O2/c1-2-25-19(24)18(23)11-15(22)9-12-3-5-13(6-4-12)16-10-14(20)7-8-17(16)21/h3-8,10,15,18H,2,9,11,22-23H2,1H3/t15-,18-/m1/s1. The molecule has 0 bridgehead atoms. The van der Waals surface area contributed by atoms with Gasteiger partial charge in [-0.05, 0) is 49.1 Å². The van der Waals surface area contributed by atoms with Crippen molar-refractivity contribution in [2.45, 2.75) is 31.8 Å². The summed E-state index contributed by atoms with van der Waals surface area (Å²) in [4.78, 5) is 11.5. The van der Waals surface area contributed by atoms with Gasteiger partial charge in [0, 0.05) is 16.6 Å². The third-order valence-electron chi connectivity index (χ3n) is 3.84. The Morgan fingerprint density at radius 1 is 1.20 bits per heavy atom. The Hall–Kier alpha value is -1.95. The molecule has 25 heavy (non-hydrogen) atoms. The van der Waals surface area contributed by atoms with Gasteiger partial charge in [-0.15, -0.1) is 0 Å². The van der Waals surface area contributed by atoms with E-state index in [0.29, 0.717) is 30.0 Å². The number of rotatable bonds is 7. The van der Waals surface area contributed by atoms with Crippen LogP contribution in [0.4, 0.5) is 4.39 Å². The van der Waals surface area contributed by atoms with Gasteiger partial charge in [0.15, 0.2) is 0 Å². The van der Waals surface area contributed by atoms with E-state index in [0.717, 1.165) is 11.1 Å². The van der Waals surface area contributed by atoms with Crippen molar-refractivity contribution < 1.29 is 13.9 Å². The lowest BCUT2D eigenvalue weighted by Gasteiger charge is -2.16. The first kappa shape index (κ1) is 19.4. The van der Waals surface area contributed by atoms with Crippen LogP contribution in [0.3, 0.4) is 0 Å². The number of ether oxygens (including phenoxy) is 1. The van der Waals surface area contributed by atoms with Gasteiger partial charge in [-0.3, -0.25) is 4.79 Å². The third-order valence-corrected chi connectivity index (χ3v) is 4.07. The highest BCUT2D eigenvalue weighted by Crippen LogP contribution is 2.26. The number of hydrogen-bond acceptors (Lipinski definition) is 4. The molecule has 2 aromatic carbocycles. The maximum absolute atomic E-state index is 13.9. The fraction of sp³-hybridized carbons (Fsp3) is 0.316. The molecule has 6 heteroatoms. The predicted molar refractivity (Wildman–Crippen MR) is 97.8 cm³/mol. The van der Waals surface area contributed by atoms with E-state index in [-0.39, 0.29) is 11.9 Å². The quantitative estimate of drug-likeness (QED) is 0.739. The summed E-state index contributed by atoms with van der Waals surface area (Å²) in [6.45, 7) is 2.03. The predicted octanol–water partition coefficient (Wildman–Crippen LogP) is 3.30. The molecule has 0 radical (unpaired) electrons. The van der Waals surface area contributed by atoms with Crippen molar-refractivity contribution in [3.05, 3.63) is 58.9 Å². The van der Waals surface area contributed by atoms with Crippen molar-refractivity contribution in [3.63, 3.8) is 0 Å². The number of carbonyl (C=O) groups is 1. The van der Waals surface area contributed by atoms with Crippen LogP contribution in [0.1, 0.15) is 18.9 Å². The first-order valence-corrected chi connectivity index (χ1v) is 8.50. The molecule has 4 nitrogen and oxygen atoms in total. The molecule has 0 spiro atoms. The average molecular weight is 365 g/mol. The molecule has 2 aromatic rings. The van der Waals surface area contributed by atoms with Gasteiger partial charge in [0.1, 0.15) is 11.9 Å². The number of esters is 1. The zero-order valence-corrected chi connectivity index (χ0v) is 14.8. The SMILES string of the molecule is CCOC(=O)[C@H](N)C[C@H](N)Cc1ccc(-c2cc(Cl)ccc2F)cc1. The van der Waals surface area contributed by atoms with Crippen LogP contribution in [0.25, 0.3) is 11.1 Å². The monoisotopic (exact) mass is 364 g/mol. The molecule has 0 saturated heterocycles. The number of hydrogen-bond donors (Lipinski definition) is 2. The topological polar surface area (TPSA) is 78.3 Å². The summed E-state index contributed by atoms with van der Waals surface area (Å²) in [6.07, 6.45) is 0.898. The second kappa shape index (κ2) is 8.94. The van der Waals surface area contributed by atoms with Crippen molar-refractivity contribution in [3.8, 4) is 11.1 Å². The van der Waals surface area contributed by atoms with Gasteiger partial charge >= 0.3 is 5.97 Å². The summed E-state index contributed by atoms with van der Waals surface area (Å²) in [5, 5.41) is 0.482. The number of carbonyl (C=O) groups excluding carboxylic acids is 1. The Balaban J connectivity index is 2.00. The second-order valence-electron chi connectivity index (χ2n) is 5.88. The highest BCUT2D eigenvalue weighted by Gasteiger charge is 2.18. The van der Waals surface area contributed by atoms with E-state index < -0.39 is 12.0 Å². The van der Waals surface area contributed by atoms with Gasteiger partial charge in [0.25, 0.3) is 0 Å². The Kier molecular flexibility index (Phi) is 6.93. The van der Waals surface area contributed by atoms with Crippen molar-refractivity contribution >= 4 is 17.6 Å². The van der Waals surface area contributed by atoms with Crippen LogP contribution in [0.5, 0.6) is 0 Å². The summed E-state index contributed by atoms with van der Waals surface area (Å²) in [5.41, 5.74) is 14.0. The van der Waals surface area contributed by atoms with Gasteiger partial charge in [-0.25, -0.2) is 4.39 Å². The Labute approximate surface area is 151 Å². The first-order chi connectivity index (χ1) is 11.9. The number of nitrogens with two attached hydrogens (primary N) is 2. The van der Waals surface area contributed by atoms with Crippen LogP contribution in [-0.2, 0) is 16.0 Å². The van der Waals surface area contributed by atoms with Crippen molar-refractivity contribution in [1.29, 1.82) is 0 Å². The summed E-state index contributed by atoms with van der Waals surface area (Å²) in [5.74, 6) is -0.765. The van der Waals surface area contributed by atoms with Crippen LogP contribution in [0.15, 0.2) is 42.5 Å². The minimum Gasteiger partial charge on any atom is -0.465 e. The van der Waals surface area contributed by atoms with Crippen LogP contribution in [-0.4, -0.2) is 24.7 Å². The first-order valence-electron chi connectivity index (χ1n) is 8.13. The lowest BCUT2D eigenvalue weighted by atomic mass is 9.98. The van der Waals surface area contributed by atoms with E-state index in [1.165, 1.54) is 12.1 Å². The molecule has 2 rings (SSSR count). The molecular formula is C19H22ClFN2O2. The molecule has 0 amide bonds. The van der Waals surface area contributed by atoms with Crippen molar-refractivity contribution in [1.82, 2.24) is 0 Å². The molecule has 0 fully saturated rings. The van der Waals surface area contributed by atoms with E-state index in [1.807, 2.05) is 24.3 Å². The van der Waals surface area contributed by atoms with Crippen LogP contribution in [0, 0.1) is 5.82 Å². The van der Waals surface area contributed by atoms with E-state index in [9.17, 15) is 9.18 Å². The molecule has 0 aliphatic rings. The zero-order chi connectivity index (χ0) is 18.4. The normalized spacial score (nSPS) is 13.3. The lowest BCUT2D eigenvalue weighted by molar-refractivity contribution is -0.144. The molecule has 0 unspecified atom stereocenters. The van der Waals surface area contributed by atoms with Gasteiger partial charge < -0.3 is 16.2 Å². The molecule has 4 N–H and O–H groups in total. The van der Waals surface area contributed by atoms with Gasteiger partial charge in [0.2, 0.25) is 0 Å². The van der Waals surface area contributed by atoms with E-state index in [4.69, 9.17) is 27.8 Å². The highest BCUT2D eigenvalue weighted by atomic mass is 35.5. The Morgan fingerprint density at radius 3 is 2.52 bits per heavy atom. The summed E-state index contributed by atoms with van der Waals surface area (Å²) < 4.78 is 18.8. The van der Waals surface area contributed by atoms with Crippen molar-refractivity contribution in [2.24, 2.45) is 11.5 Å². The maximum Gasteiger partial charge on any atom is 0.322 e. The Bertz CT molecular complexity index is 722. The minimum atomic E-state index is -0.727. The molecule has 0 aromatic heterocycles. The molecule has 0 aliphatic carbocycles. The average Bonchev–Trinajstić information content (AvgIpc) is 2.58. The van der Waals surface area contributed by atoms with Crippen molar-refractivity contribution in [2.75, 3.05) is 6.61 Å². The largest absolute Gasteiger partial charge is 0.465 e. The maximum atomic E-state index is 13.9. The smallest absolute Gasteiger partial charge is 0.322 e. The highest BCUT2D eigenvalue weighted by molar-refractivity contribution is 6.30. The van der Waals surface area contributed by atoms with E-state index >= 15 is 0 Å². The lowest BCUT2D eigenvalue weighted by Crippen LogP contribution is -2.39. The van der Waals surface area contributed by atoms with Crippen LogP contribution >= 0.6 is 11.6 Å². The van der Waals surface area contributed by atoms with Gasteiger partial charge in [-0.1, -0.05) is 35.9 Å². The van der Waals surface area contributed by atoms with Crippen LogP contribution < -0.4 is 11.5 Å². The summed E-state index contributed by atoms with van der Waals surface area (Å²) >= 11 is 5.93. The van der Waals surface area contributed by atoms with Gasteiger partial charge in [0.05, 0.1) is 6.61 Å². The number of halogens is 2. The van der Waals surface area contributed by atoms with E-state index in [2.05, 4.69) is 0 Å². The fourth-order valence-corrected chi connectivity index (χ4v) is 2.77. The number of benzene rings is 2. The third kappa shape index (κ3) is 5.53. The molecule has 2 atom stereocenters. The van der Waals surface area contributed by atoms with Gasteiger partial charge in [-0.2, -0.15) is 0 Å².